The second-order valence-electron chi connectivity index (χ2n) is 4.57. The van der Waals surface area contributed by atoms with E-state index in [1.165, 1.54) is 23.0 Å². The predicted octanol–water partition coefficient (Wildman–Crippen LogP) is 1.21. The number of aromatic nitrogens is 1. The van der Waals surface area contributed by atoms with E-state index in [1.54, 1.807) is 12.4 Å². The number of carbonyl (C=O) groups is 3. The molecule has 1 N–H and O–H groups in total. The molecule has 22 heavy (non-hydrogen) atoms. The van der Waals surface area contributed by atoms with Gasteiger partial charge in [-0.1, -0.05) is 0 Å². The van der Waals surface area contributed by atoms with Crippen LogP contribution in [0.15, 0.2) is 18.5 Å². The molecule has 0 aliphatic rings. The minimum absolute atomic E-state index is 0.139. The maximum atomic E-state index is 12.3. The first-order valence-electron chi connectivity index (χ1n) is 6.26. The standard InChI is InChI=1S/C13H15F3N2O4/c1-18-6-5-8(7-18)11(20)9(3-4-10(19)22-2)17-12(21)13(14,15)16/h5-7,9H,3-4H2,1-2H3,(H,17,21)/t9-/m0/s1. The van der Waals surface area contributed by atoms with Crippen molar-refractivity contribution in [1.82, 2.24) is 9.88 Å². The molecule has 122 valence electrons. The van der Waals surface area contributed by atoms with E-state index in [-0.39, 0.29) is 18.4 Å². The molecule has 0 spiro atoms. The van der Waals surface area contributed by atoms with Gasteiger partial charge in [-0.25, -0.2) is 0 Å². The monoisotopic (exact) mass is 320 g/mol. The highest BCUT2D eigenvalue weighted by atomic mass is 19.4. The average Bonchev–Trinajstić information content (AvgIpc) is 2.87. The normalized spacial score (nSPS) is 12.6. The number of nitrogens with zero attached hydrogens (tertiary/aromatic N) is 1. The van der Waals surface area contributed by atoms with Crippen molar-refractivity contribution in [2.45, 2.75) is 25.1 Å². The predicted molar refractivity (Wildman–Crippen MR) is 69.0 cm³/mol. The third-order valence-corrected chi connectivity index (χ3v) is 2.86. The van der Waals surface area contributed by atoms with E-state index in [4.69, 9.17) is 0 Å². The number of rotatable bonds is 6. The van der Waals surface area contributed by atoms with Gasteiger partial charge in [0.1, 0.15) is 0 Å². The second kappa shape index (κ2) is 7.10. The van der Waals surface area contributed by atoms with Crippen LogP contribution in [0.25, 0.3) is 0 Å². The molecule has 0 radical (unpaired) electrons. The number of hydrogen-bond acceptors (Lipinski definition) is 4. The Labute approximate surface area is 124 Å². The number of carbonyl (C=O) groups excluding carboxylic acids is 3. The van der Waals surface area contributed by atoms with Gasteiger partial charge in [0.15, 0.2) is 5.78 Å². The van der Waals surface area contributed by atoms with Crippen molar-refractivity contribution in [2.24, 2.45) is 7.05 Å². The molecule has 1 aromatic heterocycles. The summed E-state index contributed by atoms with van der Waals surface area (Å²) in [6.45, 7) is 0. The fraction of sp³-hybridized carbons (Fsp3) is 0.462. The van der Waals surface area contributed by atoms with Crippen LogP contribution in [0.1, 0.15) is 23.2 Å². The average molecular weight is 320 g/mol. The molecule has 1 aromatic rings. The lowest BCUT2D eigenvalue weighted by atomic mass is 10.0. The van der Waals surface area contributed by atoms with Crippen LogP contribution in [-0.4, -0.2) is 41.6 Å². The van der Waals surface area contributed by atoms with Crippen LogP contribution < -0.4 is 5.32 Å². The molecule has 0 fully saturated rings. The molecule has 1 atom stereocenters. The zero-order valence-corrected chi connectivity index (χ0v) is 11.9. The second-order valence-corrected chi connectivity index (χ2v) is 4.57. The van der Waals surface area contributed by atoms with Gasteiger partial charge in [-0.05, 0) is 12.5 Å². The molecule has 0 aliphatic heterocycles. The molecule has 9 heteroatoms. The summed E-state index contributed by atoms with van der Waals surface area (Å²) in [5, 5.41) is 1.61. The van der Waals surface area contributed by atoms with Crippen molar-refractivity contribution in [3.63, 3.8) is 0 Å². The Morgan fingerprint density at radius 1 is 1.36 bits per heavy atom. The zero-order valence-electron chi connectivity index (χ0n) is 11.9. The van der Waals surface area contributed by atoms with E-state index in [0.717, 1.165) is 7.11 Å². The van der Waals surface area contributed by atoms with Gasteiger partial charge in [-0.3, -0.25) is 14.4 Å². The van der Waals surface area contributed by atoms with Crippen LogP contribution in [0.2, 0.25) is 0 Å². The van der Waals surface area contributed by atoms with Gasteiger partial charge in [-0.15, -0.1) is 0 Å². The Balaban J connectivity index is 2.88. The van der Waals surface area contributed by atoms with Crippen LogP contribution >= 0.6 is 0 Å². The van der Waals surface area contributed by atoms with Crippen molar-refractivity contribution in [1.29, 1.82) is 0 Å². The molecule has 1 rings (SSSR count). The molecule has 0 aliphatic carbocycles. The first kappa shape index (κ1) is 17.7. The summed E-state index contributed by atoms with van der Waals surface area (Å²) < 4.78 is 42.9. The molecule has 0 saturated carbocycles. The maximum absolute atomic E-state index is 12.3. The molecule has 1 amide bonds. The lowest BCUT2D eigenvalue weighted by Crippen LogP contribution is -2.47. The highest BCUT2D eigenvalue weighted by molar-refractivity contribution is 6.02. The number of methoxy groups -OCH3 is 1. The molecule has 0 aromatic carbocycles. The number of amides is 1. The van der Waals surface area contributed by atoms with E-state index in [1.807, 2.05) is 0 Å². The fourth-order valence-electron chi connectivity index (χ4n) is 1.72. The smallest absolute Gasteiger partial charge is 0.469 e. The zero-order chi connectivity index (χ0) is 16.9. The van der Waals surface area contributed by atoms with Crippen molar-refractivity contribution >= 4 is 17.7 Å². The molecular weight excluding hydrogens is 305 g/mol. The molecular formula is C13H15F3N2O4. The summed E-state index contributed by atoms with van der Waals surface area (Å²) >= 11 is 0. The number of ketones is 1. The SMILES string of the molecule is COC(=O)CC[C@H](NC(=O)C(F)(F)F)C(=O)c1ccn(C)c1. The van der Waals surface area contributed by atoms with Gasteiger partial charge in [0.05, 0.1) is 13.2 Å². The third kappa shape index (κ3) is 4.90. The number of nitrogens with one attached hydrogen (secondary N) is 1. The molecule has 0 saturated heterocycles. The Kier molecular flexibility index (Phi) is 5.72. The van der Waals surface area contributed by atoms with Crippen molar-refractivity contribution < 1.29 is 32.3 Å². The summed E-state index contributed by atoms with van der Waals surface area (Å²) in [6, 6.07) is -0.0524. The Morgan fingerprint density at radius 3 is 2.45 bits per heavy atom. The fourth-order valence-corrected chi connectivity index (χ4v) is 1.72. The van der Waals surface area contributed by atoms with E-state index in [2.05, 4.69) is 4.74 Å². The maximum Gasteiger partial charge on any atom is 0.471 e. The van der Waals surface area contributed by atoms with E-state index in [9.17, 15) is 27.6 Å². The van der Waals surface area contributed by atoms with Crippen molar-refractivity contribution in [3.8, 4) is 0 Å². The Bertz CT molecular complexity index is 566. The lowest BCUT2D eigenvalue weighted by molar-refractivity contribution is -0.174. The largest absolute Gasteiger partial charge is 0.471 e. The number of ether oxygens (including phenoxy) is 1. The number of aryl methyl sites for hydroxylation is 1. The molecule has 6 nitrogen and oxygen atoms in total. The summed E-state index contributed by atoms with van der Waals surface area (Å²) in [6.07, 6.45) is -2.75. The summed E-state index contributed by atoms with van der Waals surface area (Å²) in [7, 11) is 2.75. The molecule has 0 bridgehead atoms. The number of alkyl halides is 3. The van der Waals surface area contributed by atoms with Crippen LogP contribution in [0.4, 0.5) is 13.2 Å². The van der Waals surface area contributed by atoms with Crippen molar-refractivity contribution in [2.75, 3.05) is 7.11 Å². The van der Waals surface area contributed by atoms with Gasteiger partial charge < -0.3 is 14.6 Å². The van der Waals surface area contributed by atoms with Gasteiger partial charge in [0.25, 0.3) is 0 Å². The van der Waals surface area contributed by atoms with Crippen LogP contribution in [0, 0.1) is 0 Å². The first-order chi connectivity index (χ1) is 10.1. The summed E-state index contributed by atoms with van der Waals surface area (Å²) in [5.74, 6) is -3.62. The number of Topliss-reactive ketones (excluding diaryl/α,β-unsaturated/α-hetero) is 1. The minimum Gasteiger partial charge on any atom is -0.469 e. The van der Waals surface area contributed by atoms with E-state index >= 15 is 0 Å². The first-order valence-corrected chi connectivity index (χ1v) is 6.26. The summed E-state index contributed by atoms with van der Waals surface area (Å²) in [5.41, 5.74) is 0.139. The van der Waals surface area contributed by atoms with Crippen LogP contribution in [0.5, 0.6) is 0 Å². The highest BCUT2D eigenvalue weighted by Gasteiger charge is 2.41. The van der Waals surface area contributed by atoms with E-state index < -0.39 is 29.9 Å². The molecule has 1 heterocycles. The van der Waals surface area contributed by atoms with Gasteiger partial charge in [0.2, 0.25) is 0 Å². The summed E-state index contributed by atoms with van der Waals surface area (Å²) in [4.78, 5) is 34.3. The minimum atomic E-state index is -5.11. The van der Waals surface area contributed by atoms with Crippen LogP contribution in [-0.2, 0) is 21.4 Å². The Hall–Kier alpha value is -2.32. The van der Waals surface area contributed by atoms with Gasteiger partial charge in [0, 0.05) is 31.4 Å². The topological polar surface area (TPSA) is 77.4 Å². The van der Waals surface area contributed by atoms with Crippen LogP contribution in [0.3, 0.4) is 0 Å². The lowest BCUT2D eigenvalue weighted by Gasteiger charge is -2.17. The third-order valence-electron chi connectivity index (χ3n) is 2.86. The number of esters is 1. The highest BCUT2D eigenvalue weighted by Crippen LogP contribution is 2.16. The van der Waals surface area contributed by atoms with Crippen molar-refractivity contribution in [3.05, 3.63) is 24.0 Å². The van der Waals surface area contributed by atoms with Gasteiger partial charge in [-0.2, -0.15) is 13.2 Å². The van der Waals surface area contributed by atoms with Gasteiger partial charge >= 0.3 is 18.1 Å². The number of halogens is 3. The molecule has 0 unspecified atom stereocenters. The Morgan fingerprint density at radius 2 is 2.00 bits per heavy atom. The quantitative estimate of drug-likeness (QED) is 0.631. The number of hydrogen-bond donors (Lipinski definition) is 1. The van der Waals surface area contributed by atoms with E-state index in [0.29, 0.717) is 0 Å².